The minimum Gasteiger partial charge on any atom is -0.219 e. The minimum absolute atomic E-state index is 0.857. The summed E-state index contributed by atoms with van der Waals surface area (Å²) in [5, 5.41) is 8.71. The molecule has 1 heterocycles. The molecule has 25 heavy (non-hydrogen) atoms. The first kappa shape index (κ1) is 15.1. The SMILES string of the molecule is C(=C(\c1ccccc1)n1cc(-c2ccccc2)nn1)/c1ccccc1. The molecule has 3 aromatic carbocycles. The lowest BCUT2D eigenvalue weighted by atomic mass is 10.1. The van der Waals surface area contributed by atoms with Crippen LogP contribution in [0.4, 0.5) is 0 Å². The van der Waals surface area contributed by atoms with Crippen molar-refractivity contribution in [1.29, 1.82) is 0 Å². The van der Waals surface area contributed by atoms with Crippen LogP contribution in [-0.4, -0.2) is 15.0 Å². The molecule has 1 aromatic heterocycles. The van der Waals surface area contributed by atoms with Gasteiger partial charge in [0.2, 0.25) is 0 Å². The number of hydrogen-bond acceptors (Lipinski definition) is 2. The summed E-state index contributed by atoms with van der Waals surface area (Å²) in [5.74, 6) is 0. The Morgan fingerprint density at radius 3 is 2.00 bits per heavy atom. The average Bonchev–Trinajstić information content (AvgIpc) is 3.18. The lowest BCUT2D eigenvalue weighted by Crippen LogP contribution is -2.00. The van der Waals surface area contributed by atoms with Crippen molar-refractivity contribution in [1.82, 2.24) is 15.0 Å². The topological polar surface area (TPSA) is 30.7 Å². The molecule has 0 radical (unpaired) electrons. The normalized spacial score (nSPS) is 11.4. The van der Waals surface area contributed by atoms with Crippen LogP contribution in [0.2, 0.25) is 0 Å². The Bertz CT molecular complexity index is 971. The fraction of sp³-hybridized carbons (Fsp3) is 0. The van der Waals surface area contributed by atoms with Crippen molar-refractivity contribution in [3.63, 3.8) is 0 Å². The van der Waals surface area contributed by atoms with E-state index < -0.39 is 0 Å². The van der Waals surface area contributed by atoms with Gasteiger partial charge in [-0.25, -0.2) is 4.68 Å². The van der Waals surface area contributed by atoms with Crippen molar-refractivity contribution in [2.24, 2.45) is 0 Å². The van der Waals surface area contributed by atoms with E-state index in [2.05, 4.69) is 40.7 Å². The van der Waals surface area contributed by atoms with Crippen LogP contribution in [-0.2, 0) is 0 Å². The first-order valence-corrected chi connectivity index (χ1v) is 8.20. The van der Waals surface area contributed by atoms with Gasteiger partial charge in [0.25, 0.3) is 0 Å². The smallest absolute Gasteiger partial charge is 0.113 e. The van der Waals surface area contributed by atoms with E-state index in [9.17, 15) is 0 Å². The first-order chi connectivity index (χ1) is 12.4. The molecule has 0 aliphatic rings. The second-order valence-electron chi connectivity index (χ2n) is 5.72. The zero-order chi connectivity index (χ0) is 16.9. The van der Waals surface area contributed by atoms with Crippen molar-refractivity contribution in [2.45, 2.75) is 0 Å². The van der Waals surface area contributed by atoms with Gasteiger partial charge < -0.3 is 0 Å². The number of rotatable bonds is 4. The molecule has 0 saturated heterocycles. The summed E-state index contributed by atoms with van der Waals surface area (Å²) >= 11 is 0. The highest BCUT2D eigenvalue weighted by Gasteiger charge is 2.09. The molecule has 0 N–H and O–H groups in total. The summed E-state index contributed by atoms with van der Waals surface area (Å²) in [6, 6.07) is 30.6. The fourth-order valence-corrected chi connectivity index (χ4v) is 2.72. The zero-order valence-corrected chi connectivity index (χ0v) is 13.7. The number of hydrogen-bond donors (Lipinski definition) is 0. The van der Waals surface area contributed by atoms with E-state index in [1.807, 2.05) is 77.6 Å². The molecule has 0 fully saturated rings. The largest absolute Gasteiger partial charge is 0.219 e. The van der Waals surface area contributed by atoms with E-state index in [1.165, 1.54) is 0 Å². The second kappa shape index (κ2) is 6.97. The van der Waals surface area contributed by atoms with E-state index in [1.54, 1.807) is 0 Å². The van der Waals surface area contributed by atoms with Gasteiger partial charge in [-0.05, 0) is 11.6 Å². The van der Waals surface area contributed by atoms with Gasteiger partial charge in [-0.3, -0.25) is 0 Å². The molecule has 0 amide bonds. The maximum Gasteiger partial charge on any atom is 0.113 e. The zero-order valence-electron chi connectivity index (χ0n) is 13.7. The predicted molar refractivity (Wildman–Crippen MR) is 102 cm³/mol. The summed E-state index contributed by atoms with van der Waals surface area (Å²) < 4.78 is 1.84. The molecule has 3 heteroatoms. The van der Waals surface area contributed by atoms with Gasteiger partial charge >= 0.3 is 0 Å². The molecule has 4 aromatic rings. The highest BCUT2D eigenvalue weighted by atomic mass is 15.4. The third kappa shape index (κ3) is 3.40. The van der Waals surface area contributed by atoms with Crippen LogP contribution >= 0.6 is 0 Å². The molecular weight excluding hydrogens is 306 g/mol. The molecule has 0 saturated carbocycles. The average molecular weight is 323 g/mol. The second-order valence-corrected chi connectivity index (χ2v) is 5.72. The van der Waals surface area contributed by atoms with E-state index >= 15 is 0 Å². The summed E-state index contributed by atoms with van der Waals surface area (Å²) in [7, 11) is 0. The molecule has 0 spiro atoms. The number of nitrogens with zero attached hydrogens (tertiary/aromatic N) is 3. The Morgan fingerprint density at radius 2 is 1.32 bits per heavy atom. The molecule has 0 aliphatic heterocycles. The third-order valence-electron chi connectivity index (χ3n) is 3.98. The molecule has 120 valence electrons. The van der Waals surface area contributed by atoms with Crippen molar-refractivity contribution < 1.29 is 0 Å². The van der Waals surface area contributed by atoms with Crippen LogP contribution in [0.3, 0.4) is 0 Å². The summed E-state index contributed by atoms with van der Waals surface area (Å²) in [5.41, 5.74) is 5.12. The van der Waals surface area contributed by atoms with Crippen LogP contribution in [0.15, 0.2) is 97.2 Å². The first-order valence-electron chi connectivity index (χ1n) is 8.20. The molecule has 0 bridgehead atoms. The number of aromatic nitrogens is 3. The van der Waals surface area contributed by atoms with Crippen LogP contribution in [0.25, 0.3) is 23.0 Å². The lowest BCUT2D eigenvalue weighted by Gasteiger charge is -2.07. The minimum atomic E-state index is 0.857. The summed E-state index contributed by atoms with van der Waals surface area (Å²) in [6.45, 7) is 0. The standard InChI is InChI=1S/C22H17N3/c1-4-10-18(11-5-1)16-22(20-14-8-3-9-15-20)25-17-21(23-24-25)19-12-6-2-7-13-19/h1-17H/b22-16-. The summed E-state index contributed by atoms with van der Waals surface area (Å²) in [6.07, 6.45) is 4.09. The van der Waals surface area contributed by atoms with E-state index in [4.69, 9.17) is 0 Å². The van der Waals surface area contributed by atoms with Gasteiger partial charge in [0, 0.05) is 11.1 Å². The van der Waals surface area contributed by atoms with Crippen LogP contribution in [0, 0.1) is 0 Å². The van der Waals surface area contributed by atoms with Crippen molar-refractivity contribution in [2.75, 3.05) is 0 Å². The van der Waals surface area contributed by atoms with E-state index in [0.717, 1.165) is 28.1 Å². The molecule has 4 rings (SSSR count). The Balaban J connectivity index is 1.80. The Morgan fingerprint density at radius 1 is 0.720 bits per heavy atom. The highest BCUT2D eigenvalue weighted by Crippen LogP contribution is 2.22. The van der Waals surface area contributed by atoms with Gasteiger partial charge in [-0.2, -0.15) is 0 Å². The maximum atomic E-state index is 4.36. The van der Waals surface area contributed by atoms with Gasteiger partial charge in [-0.15, -0.1) is 5.10 Å². The van der Waals surface area contributed by atoms with Gasteiger partial charge in [0.1, 0.15) is 5.69 Å². The Kier molecular flexibility index (Phi) is 4.21. The quantitative estimate of drug-likeness (QED) is 0.495. The van der Waals surface area contributed by atoms with Crippen molar-refractivity contribution in [3.05, 3.63) is 108 Å². The lowest BCUT2D eigenvalue weighted by molar-refractivity contribution is 0.824. The monoisotopic (exact) mass is 323 g/mol. The molecule has 3 nitrogen and oxygen atoms in total. The van der Waals surface area contributed by atoms with E-state index in [0.29, 0.717) is 0 Å². The Labute approximate surface area is 146 Å². The number of benzene rings is 3. The van der Waals surface area contributed by atoms with Crippen LogP contribution in [0.5, 0.6) is 0 Å². The molecule has 0 aliphatic carbocycles. The maximum absolute atomic E-state index is 4.36. The van der Waals surface area contributed by atoms with E-state index in [-0.39, 0.29) is 0 Å². The predicted octanol–water partition coefficient (Wildman–Crippen LogP) is 4.99. The molecular formula is C22H17N3. The third-order valence-corrected chi connectivity index (χ3v) is 3.98. The van der Waals surface area contributed by atoms with Crippen molar-refractivity contribution in [3.8, 4) is 11.3 Å². The summed E-state index contributed by atoms with van der Waals surface area (Å²) in [4.78, 5) is 0. The van der Waals surface area contributed by atoms with Crippen LogP contribution in [0.1, 0.15) is 11.1 Å². The van der Waals surface area contributed by atoms with Crippen LogP contribution < -0.4 is 0 Å². The van der Waals surface area contributed by atoms with Crippen molar-refractivity contribution >= 4 is 11.8 Å². The van der Waals surface area contributed by atoms with Gasteiger partial charge in [-0.1, -0.05) is 96.2 Å². The molecule has 0 atom stereocenters. The fourth-order valence-electron chi connectivity index (χ4n) is 2.72. The van der Waals surface area contributed by atoms with Gasteiger partial charge in [0.05, 0.1) is 11.9 Å². The molecule has 0 unspecified atom stereocenters. The van der Waals surface area contributed by atoms with Gasteiger partial charge in [0.15, 0.2) is 0 Å². The Hall–Kier alpha value is -3.46. The highest BCUT2D eigenvalue weighted by molar-refractivity contribution is 5.81.